The summed E-state index contributed by atoms with van der Waals surface area (Å²) >= 11 is 1.84. The molecule has 1 N–H and O–H groups in total. The Morgan fingerprint density at radius 3 is 2.43 bits per heavy atom. The average Bonchev–Trinajstić information content (AvgIpc) is 2.98. The van der Waals surface area contributed by atoms with Gasteiger partial charge in [-0.15, -0.1) is 11.3 Å². The number of hydrogen-bond donors (Lipinski definition) is 1. The molecule has 0 atom stereocenters. The highest BCUT2D eigenvalue weighted by atomic mass is 32.1. The summed E-state index contributed by atoms with van der Waals surface area (Å²) in [5, 5.41) is 5.60. The number of hydrogen-bond acceptors (Lipinski definition) is 3. The van der Waals surface area contributed by atoms with E-state index in [0.717, 1.165) is 26.2 Å². The Balaban J connectivity index is 2.09. The monoisotopic (exact) mass is 302 g/mol. The van der Waals surface area contributed by atoms with Crippen molar-refractivity contribution in [1.29, 1.82) is 0 Å². The quantitative estimate of drug-likeness (QED) is 0.783. The normalized spacial score (nSPS) is 11.5. The van der Waals surface area contributed by atoms with E-state index >= 15 is 0 Å². The Morgan fingerprint density at radius 2 is 1.81 bits per heavy atom. The lowest BCUT2D eigenvalue weighted by atomic mass is 10.1. The fraction of sp³-hybridized carbons (Fsp3) is 0.444. The van der Waals surface area contributed by atoms with E-state index in [1.807, 2.05) is 11.3 Å². The SMILES string of the molecule is CCNCc1ccccc1CN(Cc1cccs1)C(C)C. The molecule has 0 aliphatic heterocycles. The molecule has 2 aromatic rings. The molecule has 114 valence electrons. The van der Waals surface area contributed by atoms with Crippen molar-refractivity contribution in [2.75, 3.05) is 6.54 Å². The maximum Gasteiger partial charge on any atom is 0.0334 e. The van der Waals surface area contributed by atoms with E-state index in [0.29, 0.717) is 6.04 Å². The summed E-state index contributed by atoms with van der Waals surface area (Å²) in [5.74, 6) is 0. The topological polar surface area (TPSA) is 15.3 Å². The number of nitrogens with zero attached hydrogens (tertiary/aromatic N) is 1. The Morgan fingerprint density at radius 1 is 1.05 bits per heavy atom. The maximum atomic E-state index is 3.44. The van der Waals surface area contributed by atoms with E-state index in [4.69, 9.17) is 0 Å². The Labute approximate surface area is 132 Å². The highest BCUT2D eigenvalue weighted by Crippen LogP contribution is 2.18. The van der Waals surface area contributed by atoms with Crippen LogP contribution in [0.25, 0.3) is 0 Å². The molecule has 0 amide bonds. The van der Waals surface area contributed by atoms with E-state index in [-0.39, 0.29) is 0 Å². The van der Waals surface area contributed by atoms with Crippen molar-refractivity contribution in [1.82, 2.24) is 10.2 Å². The Kier molecular flexibility index (Phi) is 6.43. The van der Waals surface area contributed by atoms with Crippen LogP contribution in [-0.4, -0.2) is 17.5 Å². The number of thiophene rings is 1. The summed E-state index contributed by atoms with van der Waals surface area (Å²) in [6.45, 7) is 10.7. The minimum atomic E-state index is 0.541. The zero-order valence-electron chi connectivity index (χ0n) is 13.3. The molecule has 0 saturated carbocycles. The first kappa shape index (κ1) is 16.2. The highest BCUT2D eigenvalue weighted by molar-refractivity contribution is 7.09. The van der Waals surface area contributed by atoms with Crippen molar-refractivity contribution in [2.24, 2.45) is 0 Å². The van der Waals surface area contributed by atoms with Crippen molar-refractivity contribution in [3.63, 3.8) is 0 Å². The lowest BCUT2D eigenvalue weighted by molar-refractivity contribution is 0.205. The van der Waals surface area contributed by atoms with Gasteiger partial charge >= 0.3 is 0 Å². The maximum absolute atomic E-state index is 3.44. The average molecular weight is 302 g/mol. The predicted octanol–water partition coefficient (Wildman–Crippen LogP) is 4.27. The van der Waals surface area contributed by atoms with Crippen LogP contribution in [0.3, 0.4) is 0 Å². The molecule has 0 radical (unpaired) electrons. The standard InChI is InChI=1S/C18H26N2S/c1-4-19-12-16-8-5-6-9-17(16)13-20(15(2)3)14-18-10-7-11-21-18/h5-11,15,19H,4,12-14H2,1-3H3. The molecule has 0 bridgehead atoms. The molecule has 1 aromatic carbocycles. The minimum absolute atomic E-state index is 0.541. The van der Waals surface area contributed by atoms with Gasteiger partial charge in [0.2, 0.25) is 0 Å². The summed E-state index contributed by atoms with van der Waals surface area (Å²) in [6.07, 6.45) is 0. The molecule has 1 aromatic heterocycles. The van der Waals surface area contributed by atoms with Crippen LogP contribution in [0.2, 0.25) is 0 Å². The molecule has 0 spiro atoms. The molecule has 0 aliphatic carbocycles. The van der Waals surface area contributed by atoms with Crippen molar-refractivity contribution in [3.8, 4) is 0 Å². The zero-order valence-corrected chi connectivity index (χ0v) is 14.1. The van der Waals surface area contributed by atoms with E-state index in [1.54, 1.807) is 0 Å². The first-order valence-electron chi connectivity index (χ1n) is 7.74. The van der Waals surface area contributed by atoms with E-state index < -0.39 is 0 Å². The molecule has 0 fully saturated rings. The predicted molar refractivity (Wildman–Crippen MR) is 92.5 cm³/mol. The second-order valence-electron chi connectivity index (χ2n) is 5.63. The number of benzene rings is 1. The van der Waals surface area contributed by atoms with E-state index in [9.17, 15) is 0 Å². The second kappa shape index (κ2) is 8.32. The fourth-order valence-corrected chi connectivity index (χ4v) is 3.12. The summed E-state index contributed by atoms with van der Waals surface area (Å²) in [6, 6.07) is 13.7. The summed E-state index contributed by atoms with van der Waals surface area (Å²) < 4.78 is 0. The van der Waals surface area contributed by atoms with Crippen LogP contribution in [0, 0.1) is 0 Å². The Bertz CT molecular complexity index is 520. The van der Waals surface area contributed by atoms with Gasteiger partial charge in [0.25, 0.3) is 0 Å². The molecule has 1 heterocycles. The van der Waals surface area contributed by atoms with E-state index in [2.05, 4.69) is 72.8 Å². The van der Waals surface area contributed by atoms with Gasteiger partial charge in [-0.3, -0.25) is 4.90 Å². The molecular weight excluding hydrogens is 276 g/mol. The van der Waals surface area contributed by atoms with Gasteiger partial charge in [0, 0.05) is 30.6 Å². The summed E-state index contributed by atoms with van der Waals surface area (Å²) in [5.41, 5.74) is 2.85. The van der Waals surface area contributed by atoms with Gasteiger partial charge in [-0.2, -0.15) is 0 Å². The lowest BCUT2D eigenvalue weighted by Crippen LogP contribution is -2.30. The molecule has 0 saturated heterocycles. The van der Waals surface area contributed by atoms with Crippen LogP contribution < -0.4 is 5.32 Å². The summed E-state index contributed by atoms with van der Waals surface area (Å²) in [7, 11) is 0. The van der Waals surface area contributed by atoms with Crippen LogP contribution in [0.4, 0.5) is 0 Å². The number of nitrogens with one attached hydrogen (secondary N) is 1. The first-order chi connectivity index (χ1) is 10.2. The molecular formula is C18H26N2S. The highest BCUT2D eigenvalue weighted by Gasteiger charge is 2.13. The largest absolute Gasteiger partial charge is 0.313 e. The summed E-state index contributed by atoms with van der Waals surface area (Å²) in [4.78, 5) is 3.98. The van der Waals surface area contributed by atoms with E-state index in [1.165, 1.54) is 16.0 Å². The van der Waals surface area contributed by atoms with Crippen LogP contribution in [0.5, 0.6) is 0 Å². The second-order valence-corrected chi connectivity index (χ2v) is 6.66. The van der Waals surface area contributed by atoms with Gasteiger partial charge in [-0.25, -0.2) is 0 Å². The van der Waals surface area contributed by atoms with Gasteiger partial charge in [0.05, 0.1) is 0 Å². The molecule has 0 unspecified atom stereocenters. The van der Waals surface area contributed by atoms with Crippen LogP contribution in [0.15, 0.2) is 41.8 Å². The third kappa shape index (κ3) is 4.95. The van der Waals surface area contributed by atoms with Crippen LogP contribution >= 0.6 is 11.3 Å². The minimum Gasteiger partial charge on any atom is -0.313 e. The molecule has 2 nitrogen and oxygen atoms in total. The third-order valence-electron chi connectivity index (χ3n) is 3.73. The van der Waals surface area contributed by atoms with Gasteiger partial charge in [0.1, 0.15) is 0 Å². The third-order valence-corrected chi connectivity index (χ3v) is 4.59. The van der Waals surface area contributed by atoms with Crippen LogP contribution in [0.1, 0.15) is 36.8 Å². The van der Waals surface area contributed by atoms with Gasteiger partial charge < -0.3 is 5.32 Å². The molecule has 0 aliphatic rings. The molecule has 2 rings (SSSR count). The lowest BCUT2D eigenvalue weighted by Gasteiger charge is -2.27. The fourth-order valence-electron chi connectivity index (χ4n) is 2.39. The molecule has 21 heavy (non-hydrogen) atoms. The van der Waals surface area contributed by atoms with Crippen molar-refractivity contribution >= 4 is 11.3 Å². The Hall–Kier alpha value is -1.16. The van der Waals surface area contributed by atoms with Gasteiger partial charge in [-0.05, 0) is 43.0 Å². The van der Waals surface area contributed by atoms with Crippen LogP contribution in [-0.2, 0) is 19.6 Å². The smallest absolute Gasteiger partial charge is 0.0334 e. The van der Waals surface area contributed by atoms with Crippen molar-refractivity contribution in [3.05, 3.63) is 57.8 Å². The van der Waals surface area contributed by atoms with Gasteiger partial charge in [-0.1, -0.05) is 37.3 Å². The van der Waals surface area contributed by atoms with Crippen molar-refractivity contribution < 1.29 is 0 Å². The first-order valence-corrected chi connectivity index (χ1v) is 8.62. The van der Waals surface area contributed by atoms with Crippen molar-refractivity contribution in [2.45, 2.75) is 46.4 Å². The zero-order chi connectivity index (χ0) is 15.1. The van der Waals surface area contributed by atoms with Gasteiger partial charge in [0.15, 0.2) is 0 Å². The molecule has 3 heteroatoms. The number of rotatable bonds is 8.